The molecule has 0 radical (unpaired) electrons. The van der Waals surface area contributed by atoms with Crippen LogP contribution in [0.25, 0.3) is 0 Å². The number of hydrogen-bond donors (Lipinski definition) is 0. The topological polar surface area (TPSA) is 0 Å². The van der Waals surface area contributed by atoms with E-state index in [2.05, 4.69) is 48.8 Å². The van der Waals surface area contributed by atoms with Crippen LogP contribution >= 0.6 is 15.9 Å². The van der Waals surface area contributed by atoms with Crippen molar-refractivity contribution >= 4 is 15.9 Å². The normalized spacial score (nSPS) is 10.7. The van der Waals surface area contributed by atoms with Crippen LogP contribution in [0.2, 0.25) is 0 Å². The minimum atomic E-state index is 1.23. The fourth-order valence-corrected chi connectivity index (χ4v) is 2.16. The predicted octanol–water partition coefficient (Wildman–Crippen LogP) is 5.19. The maximum atomic E-state index is 3.61. The number of aryl methyl sites for hydroxylation is 3. The number of rotatable bonds is 5. The van der Waals surface area contributed by atoms with E-state index in [9.17, 15) is 0 Å². The third-order valence-electron chi connectivity index (χ3n) is 2.82. The van der Waals surface area contributed by atoms with E-state index in [-0.39, 0.29) is 0 Å². The second kappa shape index (κ2) is 6.32. The molecule has 0 aliphatic rings. The molecule has 0 atom stereocenters. The average molecular weight is 269 g/mol. The molecule has 0 heterocycles. The molecule has 0 saturated carbocycles. The van der Waals surface area contributed by atoms with Crippen molar-refractivity contribution in [2.24, 2.45) is 0 Å². The Bertz CT molecular complexity index is 292. The van der Waals surface area contributed by atoms with Crippen LogP contribution < -0.4 is 0 Å². The molecule has 0 bridgehead atoms. The summed E-state index contributed by atoms with van der Waals surface area (Å²) in [5.74, 6) is 0. The highest BCUT2D eigenvalue weighted by Gasteiger charge is 2.01. The zero-order valence-electron chi connectivity index (χ0n) is 10.1. The fourth-order valence-electron chi connectivity index (χ4n) is 1.94. The van der Waals surface area contributed by atoms with Gasteiger partial charge in [0.15, 0.2) is 0 Å². The van der Waals surface area contributed by atoms with Crippen molar-refractivity contribution in [1.29, 1.82) is 0 Å². The van der Waals surface area contributed by atoms with Crippen LogP contribution in [0.1, 0.15) is 49.3 Å². The molecule has 0 aliphatic heterocycles. The molecule has 84 valence electrons. The molecule has 0 spiro atoms. The van der Waals surface area contributed by atoms with Gasteiger partial charge in [-0.05, 0) is 43.4 Å². The number of hydrogen-bond acceptors (Lipinski definition) is 0. The highest BCUT2D eigenvalue weighted by Crippen LogP contribution is 2.23. The molecule has 0 N–H and O–H groups in total. The SMILES string of the molecule is CCCCCCc1cc(C)c(Br)c(C)c1. The van der Waals surface area contributed by atoms with Crippen molar-refractivity contribution in [2.75, 3.05) is 0 Å². The summed E-state index contributed by atoms with van der Waals surface area (Å²) in [6.07, 6.45) is 6.61. The number of halogens is 1. The molecule has 0 nitrogen and oxygen atoms in total. The molecule has 0 aliphatic carbocycles. The summed E-state index contributed by atoms with van der Waals surface area (Å²) in [4.78, 5) is 0. The van der Waals surface area contributed by atoms with Crippen molar-refractivity contribution in [3.63, 3.8) is 0 Å². The molecular weight excluding hydrogens is 248 g/mol. The third-order valence-corrected chi connectivity index (χ3v) is 4.07. The monoisotopic (exact) mass is 268 g/mol. The largest absolute Gasteiger partial charge is 0.0654 e. The van der Waals surface area contributed by atoms with E-state index in [1.54, 1.807) is 0 Å². The smallest absolute Gasteiger partial charge is 0.0233 e. The molecule has 0 amide bonds. The standard InChI is InChI=1S/C14H21Br/c1-4-5-6-7-8-13-9-11(2)14(15)12(3)10-13/h9-10H,4-8H2,1-3H3. The highest BCUT2D eigenvalue weighted by molar-refractivity contribution is 9.10. The molecule has 0 aromatic heterocycles. The molecule has 1 aromatic rings. The Balaban J connectivity index is 2.55. The van der Waals surface area contributed by atoms with Gasteiger partial charge in [-0.2, -0.15) is 0 Å². The lowest BCUT2D eigenvalue weighted by Crippen LogP contribution is -1.90. The highest BCUT2D eigenvalue weighted by atomic mass is 79.9. The molecular formula is C14H21Br. The fraction of sp³-hybridized carbons (Fsp3) is 0.571. The van der Waals surface area contributed by atoms with Gasteiger partial charge < -0.3 is 0 Å². The summed E-state index contributed by atoms with van der Waals surface area (Å²) in [5, 5.41) is 0. The van der Waals surface area contributed by atoms with Gasteiger partial charge >= 0.3 is 0 Å². The molecule has 1 rings (SSSR count). The summed E-state index contributed by atoms with van der Waals surface area (Å²) in [7, 11) is 0. The van der Waals surface area contributed by atoms with Gasteiger partial charge in [0.1, 0.15) is 0 Å². The average Bonchev–Trinajstić information content (AvgIpc) is 2.21. The van der Waals surface area contributed by atoms with Crippen LogP contribution in [-0.4, -0.2) is 0 Å². The van der Waals surface area contributed by atoms with Crippen LogP contribution in [0.15, 0.2) is 16.6 Å². The molecule has 1 aromatic carbocycles. The molecule has 1 heteroatoms. The summed E-state index contributed by atoms with van der Waals surface area (Å²) in [6.45, 7) is 6.60. The van der Waals surface area contributed by atoms with E-state index in [4.69, 9.17) is 0 Å². The molecule has 0 unspecified atom stereocenters. The Labute approximate surface area is 102 Å². The van der Waals surface area contributed by atoms with Crippen LogP contribution in [-0.2, 0) is 6.42 Å². The van der Waals surface area contributed by atoms with Crippen molar-refractivity contribution in [3.05, 3.63) is 33.3 Å². The van der Waals surface area contributed by atoms with Crippen molar-refractivity contribution in [2.45, 2.75) is 52.9 Å². The maximum absolute atomic E-state index is 3.61. The van der Waals surface area contributed by atoms with Gasteiger partial charge in [0.25, 0.3) is 0 Å². The first kappa shape index (κ1) is 12.8. The Morgan fingerprint density at radius 1 is 1.00 bits per heavy atom. The summed E-state index contributed by atoms with van der Waals surface area (Å²) in [6, 6.07) is 4.62. The second-order valence-corrected chi connectivity index (χ2v) is 5.15. The second-order valence-electron chi connectivity index (χ2n) is 4.35. The van der Waals surface area contributed by atoms with Gasteiger partial charge in [0.2, 0.25) is 0 Å². The van der Waals surface area contributed by atoms with Gasteiger partial charge in [-0.1, -0.05) is 54.2 Å². The Morgan fingerprint density at radius 2 is 1.60 bits per heavy atom. The zero-order chi connectivity index (χ0) is 11.3. The van der Waals surface area contributed by atoms with Crippen molar-refractivity contribution < 1.29 is 0 Å². The lowest BCUT2D eigenvalue weighted by Gasteiger charge is -2.07. The van der Waals surface area contributed by atoms with E-state index in [1.165, 1.54) is 53.3 Å². The Kier molecular flexibility index (Phi) is 5.38. The zero-order valence-corrected chi connectivity index (χ0v) is 11.7. The Morgan fingerprint density at radius 3 is 2.13 bits per heavy atom. The van der Waals surface area contributed by atoms with E-state index in [0.717, 1.165) is 0 Å². The number of benzene rings is 1. The number of unbranched alkanes of at least 4 members (excludes halogenated alkanes) is 3. The van der Waals surface area contributed by atoms with Gasteiger partial charge in [0, 0.05) is 4.47 Å². The summed E-state index contributed by atoms with van der Waals surface area (Å²) >= 11 is 3.61. The van der Waals surface area contributed by atoms with Crippen molar-refractivity contribution in [1.82, 2.24) is 0 Å². The first-order valence-electron chi connectivity index (χ1n) is 5.90. The van der Waals surface area contributed by atoms with Crippen LogP contribution in [0, 0.1) is 13.8 Å². The van der Waals surface area contributed by atoms with E-state index >= 15 is 0 Å². The van der Waals surface area contributed by atoms with Crippen molar-refractivity contribution in [3.8, 4) is 0 Å². The molecule has 0 fully saturated rings. The predicted molar refractivity (Wildman–Crippen MR) is 71.5 cm³/mol. The van der Waals surface area contributed by atoms with Crippen LogP contribution in [0.3, 0.4) is 0 Å². The van der Waals surface area contributed by atoms with Gasteiger partial charge in [0.05, 0.1) is 0 Å². The van der Waals surface area contributed by atoms with Gasteiger partial charge in [-0.25, -0.2) is 0 Å². The van der Waals surface area contributed by atoms with Gasteiger partial charge in [-0.3, -0.25) is 0 Å². The summed E-state index contributed by atoms with van der Waals surface area (Å²) in [5.41, 5.74) is 4.21. The van der Waals surface area contributed by atoms with Gasteiger partial charge in [-0.15, -0.1) is 0 Å². The minimum absolute atomic E-state index is 1.23. The maximum Gasteiger partial charge on any atom is 0.0233 e. The molecule has 0 saturated heterocycles. The summed E-state index contributed by atoms with van der Waals surface area (Å²) < 4.78 is 1.26. The van der Waals surface area contributed by atoms with E-state index in [1.807, 2.05) is 0 Å². The first-order chi connectivity index (χ1) is 7.15. The quantitative estimate of drug-likeness (QED) is 0.645. The molecule has 15 heavy (non-hydrogen) atoms. The lowest BCUT2D eigenvalue weighted by atomic mass is 10.0. The van der Waals surface area contributed by atoms with E-state index < -0.39 is 0 Å². The minimum Gasteiger partial charge on any atom is -0.0654 e. The van der Waals surface area contributed by atoms with Crippen LogP contribution in [0.5, 0.6) is 0 Å². The lowest BCUT2D eigenvalue weighted by molar-refractivity contribution is 0.666. The Hall–Kier alpha value is -0.300. The van der Waals surface area contributed by atoms with Crippen LogP contribution in [0.4, 0.5) is 0 Å². The van der Waals surface area contributed by atoms with E-state index in [0.29, 0.717) is 0 Å². The third kappa shape index (κ3) is 3.98. The first-order valence-corrected chi connectivity index (χ1v) is 6.70.